The van der Waals surface area contributed by atoms with E-state index in [1.54, 1.807) is 19.2 Å². The molecule has 1 atom stereocenters. The van der Waals surface area contributed by atoms with E-state index in [0.29, 0.717) is 11.7 Å². The van der Waals surface area contributed by atoms with E-state index in [4.69, 9.17) is 0 Å². The van der Waals surface area contributed by atoms with Crippen LogP contribution < -0.4 is 5.32 Å². The number of anilines is 1. The van der Waals surface area contributed by atoms with Crippen molar-refractivity contribution in [2.75, 3.05) is 18.9 Å². The van der Waals surface area contributed by atoms with Crippen molar-refractivity contribution >= 4 is 11.4 Å². The fourth-order valence-electron chi connectivity index (χ4n) is 2.67. The van der Waals surface area contributed by atoms with Crippen LogP contribution in [0.2, 0.25) is 0 Å². The molecule has 2 rings (SSSR count). The molecule has 0 aliphatic carbocycles. The van der Waals surface area contributed by atoms with Gasteiger partial charge in [0.25, 0.3) is 5.69 Å². The molecule has 1 saturated heterocycles. The first kappa shape index (κ1) is 13.8. The molecule has 1 aliphatic rings. The Morgan fingerprint density at radius 3 is 2.89 bits per heavy atom. The van der Waals surface area contributed by atoms with Gasteiger partial charge in [-0.3, -0.25) is 15.0 Å². The Kier molecular flexibility index (Phi) is 4.37. The summed E-state index contributed by atoms with van der Waals surface area (Å²) in [6.07, 6.45) is 3.73. The van der Waals surface area contributed by atoms with Crippen molar-refractivity contribution in [2.24, 2.45) is 0 Å². The van der Waals surface area contributed by atoms with Crippen molar-refractivity contribution < 1.29 is 4.92 Å². The lowest BCUT2D eigenvalue weighted by Gasteiger charge is -2.33. The molecule has 1 aliphatic heterocycles. The molecule has 0 aromatic heterocycles. The molecule has 1 aromatic rings. The normalized spacial score (nSPS) is 20.2. The molecule has 0 radical (unpaired) electrons. The molecule has 104 valence electrons. The van der Waals surface area contributed by atoms with Gasteiger partial charge >= 0.3 is 0 Å². The molecule has 19 heavy (non-hydrogen) atoms. The first-order valence-corrected chi connectivity index (χ1v) is 6.81. The number of likely N-dealkylation sites (tertiary alicyclic amines) is 1. The van der Waals surface area contributed by atoms with Gasteiger partial charge in [0.2, 0.25) is 0 Å². The summed E-state index contributed by atoms with van der Waals surface area (Å²) >= 11 is 0. The van der Waals surface area contributed by atoms with Gasteiger partial charge < -0.3 is 5.32 Å². The number of hydrogen-bond acceptors (Lipinski definition) is 4. The average molecular weight is 263 g/mol. The molecule has 1 unspecified atom stereocenters. The number of nitro groups is 1. The summed E-state index contributed by atoms with van der Waals surface area (Å²) in [5.74, 6) is 0. The monoisotopic (exact) mass is 263 g/mol. The Hall–Kier alpha value is -1.62. The van der Waals surface area contributed by atoms with E-state index >= 15 is 0 Å². The standard InChI is InChI=1S/C14H21N3O2/c1-11-5-3-4-8-16(11)10-12-6-7-13(15-2)14(9-12)17(18)19/h6-7,9,11,15H,3-5,8,10H2,1-2H3. The van der Waals surface area contributed by atoms with Crippen molar-refractivity contribution in [2.45, 2.75) is 38.8 Å². The van der Waals surface area contributed by atoms with Crippen molar-refractivity contribution in [3.63, 3.8) is 0 Å². The second kappa shape index (κ2) is 6.02. The maximum Gasteiger partial charge on any atom is 0.292 e. The summed E-state index contributed by atoms with van der Waals surface area (Å²) < 4.78 is 0. The topological polar surface area (TPSA) is 58.4 Å². The molecule has 1 aromatic carbocycles. The minimum atomic E-state index is -0.324. The Morgan fingerprint density at radius 1 is 1.47 bits per heavy atom. The van der Waals surface area contributed by atoms with E-state index in [9.17, 15) is 10.1 Å². The van der Waals surface area contributed by atoms with Crippen molar-refractivity contribution in [1.29, 1.82) is 0 Å². The minimum absolute atomic E-state index is 0.157. The van der Waals surface area contributed by atoms with Gasteiger partial charge in [0.1, 0.15) is 5.69 Å². The molecule has 5 nitrogen and oxygen atoms in total. The Morgan fingerprint density at radius 2 is 2.26 bits per heavy atom. The smallest absolute Gasteiger partial charge is 0.292 e. The third-order valence-corrected chi connectivity index (χ3v) is 3.85. The van der Waals surface area contributed by atoms with Gasteiger partial charge in [-0.1, -0.05) is 12.5 Å². The van der Waals surface area contributed by atoms with E-state index in [0.717, 1.165) is 18.7 Å². The molecule has 1 heterocycles. The number of nitro benzene ring substituents is 1. The highest BCUT2D eigenvalue weighted by atomic mass is 16.6. The Labute approximate surface area is 113 Å². The lowest BCUT2D eigenvalue weighted by Crippen LogP contribution is -2.36. The molecule has 0 amide bonds. The second-order valence-corrected chi connectivity index (χ2v) is 5.17. The van der Waals surface area contributed by atoms with E-state index in [1.807, 2.05) is 6.07 Å². The number of rotatable bonds is 4. The maximum absolute atomic E-state index is 11.0. The zero-order valence-corrected chi connectivity index (χ0v) is 11.6. The molecule has 1 fully saturated rings. The quantitative estimate of drug-likeness (QED) is 0.670. The molecule has 0 bridgehead atoms. The van der Waals surface area contributed by atoms with Crippen LogP contribution in [0.1, 0.15) is 31.7 Å². The summed E-state index contributed by atoms with van der Waals surface area (Å²) in [4.78, 5) is 13.1. The van der Waals surface area contributed by atoms with Gasteiger partial charge in [0.05, 0.1) is 4.92 Å². The van der Waals surface area contributed by atoms with E-state index in [-0.39, 0.29) is 10.6 Å². The second-order valence-electron chi connectivity index (χ2n) is 5.17. The number of hydrogen-bond donors (Lipinski definition) is 1. The highest BCUT2D eigenvalue weighted by molar-refractivity contribution is 5.62. The van der Waals surface area contributed by atoms with Crippen LogP contribution >= 0.6 is 0 Å². The highest BCUT2D eigenvalue weighted by Gasteiger charge is 2.20. The highest BCUT2D eigenvalue weighted by Crippen LogP contribution is 2.27. The zero-order chi connectivity index (χ0) is 13.8. The van der Waals surface area contributed by atoms with Gasteiger partial charge in [0, 0.05) is 25.7 Å². The van der Waals surface area contributed by atoms with Crippen LogP contribution in [-0.2, 0) is 6.54 Å². The van der Waals surface area contributed by atoms with Crippen LogP contribution in [0.4, 0.5) is 11.4 Å². The average Bonchev–Trinajstić information content (AvgIpc) is 2.41. The Bertz CT molecular complexity index is 462. The number of nitrogens with one attached hydrogen (secondary N) is 1. The van der Waals surface area contributed by atoms with E-state index in [1.165, 1.54) is 19.3 Å². The van der Waals surface area contributed by atoms with Crippen LogP contribution in [0.5, 0.6) is 0 Å². The molecule has 5 heteroatoms. The van der Waals surface area contributed by atoms with Crippen molar-refractivity contribution in [3.05, 3.63) is 33.9 Å². The van der Waals surface area contributed by atoms with Crippen LogP contribution in [0.15, 0.2) is 18.2 Å². The first-order chi connectivity index (χ1) is 9.11. The van der Waals surface area contributed by atoms with Crippen LogP contribution in [0.3, 0.4) is 0 Å². The molecule has 0 saturated carbocycles. The minimum Gasteiger partial charge on any atom is -0.383 e. The van der Waals surface area contributed by atoms with Gasteiger partial charge in [-0.25, -0.2) is 0 Å². The largest absolute Gasteiger partial charge is 0.383 e. The first-order valence-electron chi connectivity index (χ1n) is 6.81. The summed E-state index contributed by atoms with van der Waals surface area (Å²) in [5, 5.41) is 13.9. The van der Waals surface area contributed by atoms with Crippen LogP contribution in [0.25, 0.3) is 0 Å². The van der Waals surface area contributed by atoms with Crippen LogP contribution in [-0.4, -0.2) is 29.5 Å². The molecular formula is C14H21N3O2. The van der Waals surface area contributed by atoms with Gasteiger partial charge in [0.15, 0.2) is 0 Å². The fourth-order valence-corrected chi connectivity index (χ4v) is 2.67. The SMILES string of the molecule is CNc1ccc(CN2CCCCC2C)cc1[N+](=O)[O-]. The summed E-state index contributed by atoms with van der Waals surface area (Å²) in [7, 11) is 1.70. The predicted molar refractivity (Wildman–Crippen MR) is 76.4 cm³/mol. The third-order valence-electron chi connectivity index (χ3n) is 3.85. The summed E-state index contributed by atoms with van der Waals surface area (Å²) in [5.41, 5.74) is 1.74. The summed E-state index contributed by atoms with van der Waals surface area (Å²) in [6, 6.07) is 6.02. The zero-order valence-electron chi connectivity index (χ0n) is 11.6. The summed E-state index contributed by atoms with van der Waals surface area (Å²) in [6.45, 7) is 4.12. The predicted octanol–water partition coefficient (Wildman–Crippen LogP) is 3.01. The van der Waals surface area contributed by atoms with Gasteiger partial charge in [-0.2, -0.15) is 0 Å². The van der Waals surface area contributed by atoms with Crippen molar-refractivity contribution in [3.8, 4) is 0 Å². The lowest BCUT2D eigenvalue weighted by molar-refractivity contribution is -0.384. The molecule has 1 N–H and O–H groups in total. The number of nitrogens with zero attached hydrogens (tertiary/aromatic N) is 2. The van der Waals surface area contributed by atoms with Crippen LogP contribution in [0, 0.1) is 10.1 Å². The number of piperidine rings is 1. The molecular weight excluding hydrogens is 242 g/mol. The fraction of sp³-hybridized carbons (Fsp3) is 0.571. The lowest BCUT2D eigenvalue weighted by atomic mass is 10.0. The third kappa shape index (κ3) is 3.23. The number of benzene rings is 1. The van der Waals surface area contributed by atoms with Gasteiger partial charge in [-0.15, -0.1) is 0 Å². The maximum atomic E-state index is 11.0. The van der Waals surface area contributed by atoms with Crippen molar-refractivity contribution in [1.82, 2.24) is 4.90 Å². The van der Waals surface area contributed by atoms with Gasteiger partial charge in [-0.05, 0) is 37.9 Å². The van der Waals surface area contributed by atoms with E-state index in [2.05, 4.69) is 17.1 Å². The van der Waals surface area contributed by atoms with E-state index < -0.39 is 0 Å². The molecule has 0 spiro atoms. The Balaban J connectivity index is 2.16.